The van der Waals surface area contributed by atoms with Crippen LogP contribution in [0.15, 0.2) is 48.5 Å². The molecule has 0 aliphatic heterocycles. The molecule has 106 valence electrons. The normalized spacial score (nSPS) is 11.3. The van der Waals surface area contributed by atoms with Crippen LogP contribution in [0.3, 0.4) is 0 Å². The molecule has 0 fully saturated rings. The zero-order chi connectivity index (χ0) is 14.6. The highest BCUT2D eigenvalue weighted by molar-refractivity contribution is 5.55. The van der Waals surface area contributed by atoms with Crippen molar-refractivity contribution in [1.82, 2.24) is 0 Å². The lowest BCUT2D eigenvalue weighted by molar-refractivity contribution is 0.323. The number of anilines is 1. The number of benzene rings is 2. The second-order valence-corrected chi connectivity index (χ2v) is 6.09. The molecule has 0 aromatic heterocycles. The van der Waals surface area contributed by atoms with E-state index in [1.807, 2.05) is 30.3 Å². The van der Waals surface area contributed by atoms with Crippen LogP contribution in [0.5, 0.6) is 5.75 Å². The SMILES string of the molecule is CC(C)(C)c1ccc(OCCc2ccccc2)c(N)c1. The molecule has 0 atom stereocenters. The second-order valence-electron chi connectivity index (χ2n) is 6.09. The van der Waals surface area contributed by atoms with E-state index in [0.29, 0.717) is 12.3 Å². The molecule has 2 rings (SSSR count). The monoisotopic (exact) mass is 269 g/mol. The van der Waals surface area contributed by atoms with Gasteiger partial charge in [-0.25, -0.2) is 0 Å². The summed E-state index contributed by atoms with van der Waals surface area (Å²) < 4.78 is 5.78. The summed E-state index contributed by atoms with van der Waals surface area (Å²) in [5.74, 6) is 0.772. The molecule has 0 unspecified atom stereocenters. The molecule has 0 aliphatic carbocycles. The van der Waals surface area contributed by atoms with Crippen molar-refractivity contribution in [2.75, 3.05) is 12.3 Å². The molecule has 2 nitrogen and oxygen atoms in total. The highest BCUT2D eigenvalue weighted by atomic mass is 16.5. The molecule has 0 saturated heterocycles. The van der Waals surface area contributed by atoms with Gasteiger partial charge in [-0.1, -0.05) is 57.2 Å². The number of nitrogens with two attached hydrogens (primary N) is 1. The molecule has 0 saturated carbocycles. The summed E-state index contributed by atoms with van der Waals surface area (Å²) in [6.07, 6.45) is 0.890. The van der Waals surface area contributed by atoms with Crippen LogP contribution >= 0.6 is 0 Å². The Morgan fingerprint density at radius 1 is 1.00 bits per heavy atom. The highest BCUT2D eigenvalue weighted by Crippen LogP contribution is 2.29. The predicted molar refractivity (Wildman–Crippen MR) is 85.2 cm³/mol. The second kappa shape index (κ2) is 6.00. The van der Waals surface area contributed by atoms with E-state index < -0.39 is 0 Å². The van der Waals surface area contributed by atoms with Crippen molar-refractivity contribution in [2.45, 2.75) is 32.6 Å². The van der Waals surface area contributed by atoms with Crippen molar-refractivity contribution in [3.63, 3.8) is 0 Å². The van der Waals surface area contributed by atoms with Crippen molar-refractivity contribution >= 4 is 5.69 Å². The zero-order valence-corrected chi connectivity index (χ0v) is 12.5. The minimum Gasteiger partial charge on any atom is -0.491 e. The summed E-state index contributed by atoms with van der Waals surface area (Å²) >= 11 is 0. The Bertz CT molecular complexity index is 555. The first kappa shape index (κ1) is 14.4. The van der Waals surface area contributed by atoms with Crippen molar-refractivity contribution in [2.24, 2.45) is 0 Å². The van der Waals surface area contributed by atoms with Gasteiger partial charge in [-0.05, 0) is 28.7 Å². The summed E-state index contributed by atoms with van der Waals surface area (Å²) in [5, 5.41) is 0. The molecule has 2 heteroatoms. The standard InChI is InChI=1S/C18H23NO/c1-18(2,3)15-9-10-17(16(19)13-15)20-12-11-14-7-5-4-6-8-14/h4-10,13H,11-12,19H2,1-3H3. The van der Waals surface area contributed by atoms with Crippen LogP contribution in [-0.2, 0) is 11.8 Å². The van der Waals surface area contributed by atoms with Gasteiger partial charge in [0, 0.05) is 6.42 Å². The van der Waals surface area contributed by atoms with Crippen LogP contribution in [0.25, 0.3) is 0 Å². The average Bonchev–Trinajstić information content (AvgIpc) is 2.40. The third kappa shape index (κ3) is 3.77. The van der Waals surface area contributed by atoms with Crippen molar-refractivity contribution in [1.29, 1.82) is 0 Å². The quantitative estimate of drug-likeness (QED) is 0.845. The van der Waals surface area contributed by atoms with Crippen molar-refractivity contribution < 1.29 is 4.74 Å². The van der Waals surface area contributed by atoms with Gasteiger partial charge in [0.05, 0.1) is 12.3 Å². The molecular weight excluding hydrogens is 246 g/mol. The van der Waals surface area contributed by atoms with E-state index in [1.54, 1.807) is 0 Å². The van der Waals surface area contributed by atoms with Crippen LogP contribution in [0.2, 0.25) is 0 Å². The van der Waals surface area contributed by atoms with Gasteiger partial charge in [0.2, 0.25) is 0 Å². The minimum absolute atomic E-state index is 0.108. The van der Waals surface area contributed by atoms with Gasteiger partial charge in [0.15, 0.2) is 0 Å². The fourth-order valence-electron chi connectivity index (χ4n) is 2.07. The smallest absolute Gasteiger partial charge is 0.142 e. The van der Waals surface area contributed by atoms with E-state index >= 15 is 0 Å². The maximum Gasteiger partial charge on any atom is 0.142 e. The van der Waals surface area contributed by atoms with Crippen LogP contribution < -0.4 is 10.5 Å². The van der Waals surface area contributed by atoms with Gasteiger partial charge in [0.25, 0.3) is 0 Å². The van der Waals surface area contributed by atoms with Crippen LogP contribution in [0, 0.1) is 0 Å². The molecular formula is C18H23NO. The first-order valence-corrected chi connectivity index (χ1v) is 7.03. The molecule has 0 heterocycles. The average molecular weight is 269 g/mol. The van der Waals surface area contributed by atoms with Crippen LogP contribution in [0.1, 0.15) is 31.9 Å². The molecule has 0 aliphatic rings. The topological polar surface area (TPSA) is 35.2 Å². The maximum absolute atomic E-state index is 6.07. The van der Waals surface area contributed by atoms with E-state index in [4.69, 9.17) is 10.5 Å². The maximum atomic E-state index is 6.07. The predicted octanol–water partition coefficient (Wildman–Crippen LogP) is 4.19. The van der Waals surface area contributed by atoms with Gasteiger partial charge in [-0.3, -0.25) is 0 Å². The third-order valence-electron chi connectivity index (χ3n) is 3.37. The Morgan fingerprint density at radius 3 is 2.30 bits per heavy atom. The molecule has 20 heavy (non-hydrogen) atoms. The highest BCUT2D eigenvalue weighted by Gasteiger charge is 2.14. The van der Waals surface area contributed by atoms with Crippen LogP contribution in [-0.4, -0.2) is 6.61 Å². The van der Waals surface area contributed by atoms with E-state index in [0.717, 1.165) is 12.2 Å². The Labute approximate surface area is 121 Å². The number of ether oxygens (including phenoxy) is 1. The summed E-state index contributed by atoms with van der Waals surface area (Å²) in [5.41, 5.74) is 9.40. The molecule has 0 radical (unpaired) electrons. The Balaban J connectivity index is 1.97. The van der Waals surface area contributed by atoms with Crippen LogP contribution in [0.4, 0.5) is 5.69 Å². The number of nitrogen functional groups attached to an aromatic ring is 1. The largest absolute Gasteiger partial charge is 0.491 e. The number of hydrogen-bond acceptors (Lipinski definition) is 2. The summed E-state index contributed by atoms with van der Waals surface area (Å²) in [6.45, 7) is 7.18. The lowest BCUT2D eigenvalue weighted by Gasteiger charge is -2.20. The zero-order valence-electron chi connectivity index (χ0n) is 12.5. The molecule has 2 aromatic rings. The Morgan fingerprint density at radius 2 is 1.70 bits per heavy atom. The summed E-state index contributed by atoms with van der Waals surface area (Å²) in [6, 6.07) is 16.4. The number of rotatable bonds is 4. The first-order valence-electron chi connectivity index (χ1n) is 7.03. The van der Waals surface area contributed by atoms with Gasteiger partial charge >= 0.3 is 0 Å². The lowest BCUT2D eigenvalue weighted by Crippen LogP contribution is -2.12. The van der Waals surface area contributed by atoms with E-state index in [9.17, 15) is 0 Å². The van der Waals surface area contributed by atoms with Crippen molar-refractivity contribution in [3.8, 4) is 5.75 Å². The Hall–Kier alpha value is -1.96. The van der Waals surface area contributed by atoms with E-state index in [-0.39, 0.29) is 5.41 Å². The fourth-order valence-corrected chi connectivity index (χ4v) is 2.07. The summed E-state index contributed by atoms with van der Waals surface area (Å²) in [4.78, 5) is 0. The molecule has 2 N–H and O–H groups in total. The van der Waals surface area contributed by atoms with Gasteiger partial charge in [-0.2, -0.15) is 0 Å². The lowest BCUT2D eigenvalue weighted by atomic mass is 9.87. The Kier molecular flexibility index (Phi) is 4.33. The summed E-state index contributed by atoms with van der Waals surface area (Å²) in [7, 11) is 0. The molecule has 2 aromatic carbocycles. The van der Waals surface area contributed by atoms with E-state index in [2.05, 4.69) is 39.0 Å². The number of hydrogen-bond donors (Lipinski definition) is 1. The van der Waals surface area contributed by atoms with Gasteiger partial charge < -0.3 is 10.5 Å². The molecule has 0 spiro atoms. The molecule has 0 bridgehead atoms. The van der Waals surface area contributed by atoms with Crippen molar-refractivity contribution in [3.05, 3.63) is 59.7 Å². The first-order chi connectivity index (χ1) is 9.47. The van der Waals surface area contributed by atoms with Gasteiger partial charge in [0.1, 0.15) is 5.75 Å². The molecule has 0 amide bonds. The van der Waals surface area contributed by atoms with Gasteiger partial charge in [-0.15, -0.1) is 0 Å². The minimum atomic E-state index is 0.108. The third-order valence-corrected chi connectivity index (χ3v) is 3.37. The van der Waals surface area contributed by atoms with E-state index in [1.165, 1.54) is 11.1 Å². The fraction of sp³-hybridized carbons (Fsp3) is 0.333.